The van der Waals surface area contributed by atoms with Crippen LogP contribution in [-0.4, -0.2) is 22.6 Å². The molecule has 1 aromatic carbocycles. The molecule has 0 fully saturated rings. The largest absolute Gasteiger partial charge is 0.349 e. The SMILES string of the molecule is CCc1cc(C(=O)NCC(N)c2ccc(C(C)C)cc2)n[nH]1. The van der Waals surface area contributed by atoms with Crippen molar-refractivity contribution < 1.29 is 4.79 Å². The summed E-state index contributed by atoms with van der Waals surface area (Å²) < 4.78 is 0. The highest BCUT2D eigenvalue weighted by Crippen LogP contribution is 2.17. The van der Waals surface area contributed by atoms with E-state index in [1.165, 1.54) is 5.56 Å². The Morgan fingerprint density at radius 1 is 1.27 bits per heavy atom. The van der Waals surface area contributed by atoms with Gasteiger partial charge in [0.05, 0.1) is 0 Å². The fraction of sp³-hybridized carbons (Fsp3) is 0.412. The van der Waals surface area contributed by atoms with Crippen molar-refractivity contribution in [1.29, 1.82) is 0 Å². The fourth-order valence-electron chi connectivity index (χ4n) is 2.20. The summed E-state index contributed by atoms with van der Waals surface area (Å²) in [5.74, 6) is 0.294. The number of carbonyl (C=O) groups excluding carboxylic acids is 1. The number of H-pyrrole nitrogens is 1. The van der Waals surface area contributed by atoms with E-state index < -0.39 is 0 Å². The van der Waals surface area contributed by atoms with E-state index >= 15 is 0 Å². The van der Waals surface area contributed by atoms with Crippen molar-refractivity contribution in [1.82, 2.24) is 15.5 Å². The van der Waals surface area contributed by atoms with E-state index in [1.54, 1.807) is 6.07 Å². The second kappa shape index (κ2) is 7.22. The first-order valence-corrected chi connectivity index (χ1v) is 7.69. The molecule has 22 heavy (non-hydrogen) atoms. The summed E-state index contributed by atoms with van der Waals surface area (Å²) in [5.41, 5.74) is 9.78. The summed E-state index contributed by atoms with van der Waals surface area (Å²) in [5, 5.41) is 9.65. The van der Waals surface area contributed by atoms with Crippen LogP contribution >= 0.6 is 0 Å². The van der Waals surface area contributed by atoms with Crippen LogP contribution in [-0.2, 0) is 6.42 Å². The molecular formula is C17H24N4O. The van der Waals surface area contributed by atoms with Gasteiger partial charge >= 0.3 is 0 Å². The molecule has 2 aromatic rings. The van der Waals surface area contributed by atoms with E-state index in [0.717, 1.165) is 17.7 Å². The van der Waals surface area contributed by atoms with Crippen LogP contribution in [0.5, 0.6) is 0 Å². The number of amides is 1. The number of hydrogen-bond acceptors (Lipinski definition) is 3. The Morgan fingerprint density at radius 3 is 2.45 bits per heavy atom. The summed E-state index contributed by atoms with van der Waals surface area (Å²) in [6, 6.07) is 9.75. The Kier molecular flexibility index (Phi) is 5.33. The van der Waals surface area contributed by atoms with Crippen LogP contribution < -0.4 is 11.1 Å². The molecule has 4 N–H and O–H groups in total. The first kappa shape index (κ1) is 16.2. The van der Waals surface area contributed by atoms with Crippen LogP contribution in [0.25, 0.3) is 0 Å². The van der Waals surface area contributed by atoms with Gasteiger partial charge in [-0.3, -0.25) is 9.89 Å². The number of nitrogens with one attached hydrogen (secondary N) is 2. The zero-order chi connectivity index (χ0) is 16.1. The molecule has 0 saturated heterocycles. The number of hydrogen-bond donors (Lipinski definition) is 3. The minimum atomic E-state index is -0.227. The van der Waals surface area contributed by atoms with E-state index in [2.05, 4.69) is 41.5 Å². The molecule has 0 aliphatic rings. The van der Waals surface area contributed by atoms with Gasteiger partial charge in [-0.2, -0.15) is 5.10 Å². The standard InChI is InChI=1S/C17H24N4O/c1-4-14-9-16(21-20-14)17(22)19-10-15(18)13-7-5-12(6-8-13)11(2)3/h5-9,11,15H,4,10,18H2,1-3H3,(H,19,22)(H,20,21). The van der Waals surface area contributed by atoms with Crippen molar-refractivity contribution >= 4 is 5.91 Å². The third-order valence-electron chi connectivity index (χ3n) is 3.76. The van der Waals surface area contributed by atoms with Gasteiger partial charge in [0.25, 0.3) is 5.91 Å². The number of aromatic nitrogens is 2. The van der Waals surface area contributed by atoms with Crippen LogP contribution in [0.1, 0.15) is 60.0 Å². The van der Waals surface area contributed by atoms with E-state index in [0.29, 0.717) is 18.2 Å². The lowest BCUT2D eigenvalue weighted by Gasteiger charge is -2.14. The Bertz CT molecular complexity index is 616. The van der Waals surface area contributed by atoms with Crippen molar-refractivity contribution in [3.05, 3.63) is 52.8 Å². The van der Waals surface area contributed by atoms with Gasteiger partial charge in [0.2, 0.25) is 0 Å². The second-order valence-electron chi connectivity index (χ2n) is 5.77. The molecule has 1 heterocycles. The molecule has 5 heteroatoms. The Balaban J connectivity index is 1.91. The molecule has 1 atom stereocenters. The van der Waals surface area contributed by atoms with Gasteiger partial charge in [0.15, 0.2) is 0 Å². The highest BCUT2D eigenvalue weighted by atomic mass is 16.1. The van der Waals surface area contributed by atoms with E-state index in [1.807, 2.05) is 19.1 Å². The molecule has 0 aliphatic heterocycles. The lowest BCUT2D eigenvalue weighted by Crippen LogP contribution is -2.32. The van der Waals surface area contributed by atoms with Gasteiger partial charge < -0.3 is 11.1 Å². The number of aromatic amines is 1. The number of benzene rings is 1. The Hall–Kier alpha value is -2.14. The van der Waals surface area contributed by atoms with Crippen LogP contribution in [0.3, 0.4) is 0 Å². The summed E-state index contributed by atoms with van der Waals surface area (Å²) >= 11 is 0. The van der Waals surface area contributed by atoms with Crippen LogP contribution in [0.4, 0.5) is 0 Å². The normalized spacial score (nSPS) is 12.4. The zero-order valence-electron chi connectivity index (χ0n) is 13.4. The quantitative estimate of drug-likeness (QED) is 0.766. The molecule has 1 amide bonds. The van der Waals surface area contributed by atoms with Gasteiger partial charge in [-0.05, 0) is 29.5 Å². The molecule has 0 spiro atoms. The van der Waals surface area contributed by atoms with Crippen LogP contribution in [0.2, 0.25) is 0 Å². The maximum absolute atomic E-state index is 12.0. The third kappa shape index (κ3) is 3.95. The minimum Gasteiger partial charge on any atom is -0.349 e. The molecule has 0 bridgehead atoms. The third-order valence-corrected chi connectivity index (χ3v) is 3.76. The average molecular weight is 300 g/mol. The maximum Gasteiger partial charge on any atom is 0.271 e. The minimum absolute atomic E-state index is 0.204. The van der Waals surface area contributed by atoms with Crippen molar-refractivity contribution in [3.63, 3.8) is 0 Å². The topological polar surface area (TPSA) is 83.8 Å². The van der Waals surface area contributed by atoms with Gasteiger partial charge in [0.1, 0.15) is 5.69 Å². The van der Waals surface area contributed by atoms with Crippen molar-refractivity contribution in [2.24, 2.45) is 5.73 Å². The predicted molar refractivity (Wildman–Crippen MR) is 87.8 cm³/mol. The molecule has 0 aliphatic carbocycles. The van der Waals surface area contributed by atoms with Crippen molar-refractivity contribution in [2.45, 2.75) is 39.2 Å². The first-order chi connectivity index (χ1) is 10.5. The Labute approximate surface area is 131 Å². The summed E-state index contributed by atoms with van der Waals surface area (Å²) in [6.45, 7) is 6.70. The van der Waals surface area contributed by atoms with Crippen LogP contribution in [0, 0.1) is 0 Å². The highest BCUT2D eigenvalue weighted by molar-refractivity contribution is 5.92. The summed E-state index contributed by atoms with van der Waals surface area (Å²) in [6.07, 6.45) is 0.821. The molecular weight excluding hydrogens is 276 g/mol. The maximum atomic E-state index is 12.0. The predicted octanol–water partition coefficient (Wildman–Crippen LogP) is 2.53. The zero-order valence-corrected chi connectivity index (χ0v) is 13.4. The molecule has 2 rings (SSSR count). The van der Waals surface area contributed by atoms with Crippen molar-refractivity contribution in [3.8, 4) is 0 Å². The second-order valence-corrected chi connectivity index (χ2v) is 5.77. The first-order valence-electron chi connectivity index (χ1n) is 7.69. The fourth-order valence-corrected chi connectivity index (χ4v) is 2.20. The van der Waals surface area contributed by atoms with Crippen molar-refractivity contribution in [2.75, 3.05) is 6.54 Å². The number of nitrogens with two attached hydrogens (primary N) is 1. The molecule has 1 unspecified atom stereocenters. The molecule has 118 valence electrons. The lowest BCUT2D eigenvalue weighted by atomic mass is 9.99. The number of aryl methyl sites for hydroxylation is 1. The monoisotopic (exact) mass is 300 g/mol. The number of carbonyl (C=O) groups is 1. The average Bonchev–Trinajstić information content (AvgIpc) is 3.01. The molecule has 0 radical (unpaired) electrons. The van der Waals surface area contributed by atoms with Crippen LogP contribution in [0.15, 0.2) is 30.3 Å². The van der Waals surface area contributed by atoms with Gasteiger partial charge in [-0.1, -0.05) is 45.0 Å². The van der Waals surface area contributed by atoms with E-state index in [9.17, 15) is 4.79 Å². The molecule has 5 nitrogen and oxygen atoms in total. The van der Waals surface area contributed by atoms with Gasteiger partial charge in [0, 0.05) is 18.3 Å². The lowest BCUT2D eigenvalue weighted by molar-refractivity contribution is 0.0946. The van der Waals surface area contributed by atoms with Gasteiger partial charge in [-0.25, -0.2) is 0 Å². The Morgan fingerprint density at radius 2 is 1.91 bits per heavy atom. The van der Waals surface area contributed by atoms with Gasteiger partial charge in [-0.15, -0.1) is 0 Å². The molecule has 0 saturated carbocycles. The summed E-state index contributed by atoms with van der Waals surface area (Å²) in [7, 11) is 0. The van der Waals surface area contributed by atoms with E-state index in [4.69, 9.17) is 5.73 Å². The number of nitrogens with zero attached hydrogens (tertiary/aromatic N) is 1. The summed E-state index contributed by atoms with van der Waals surface area (Å²) in [4.78, 5) is 12.0. The molecule has 1 aromatic heterocycles. The number of rotatable bonds is 6. The highest BCUT2D eigenvalue weighted by Gasteiger charge is 2.12. The smallest absolute Gasteiger partial charge is 0.271 e. The van der Waals surface area contributed by atoms with E-state index in [-0.39, 0.29) is 11.9 Å².